The number of benzene rings is 1. The highest BCUT2D eigenvalue weighted by Gasteiger charge is 2.26. The maximum absolute atomic E-state index is 12.1. The van der Waals surface area contributed by atoms with Crippen LogP contribution < -0.4 is 4.90 Å². The van der Waals surface area contributed by atoms with Crippen LogP contribution in [0, 0.1) is 0 Å². The quantitative estimate of drug-likeness (QED) is 0.673. The first-order chi connectivity index (χ1) is 13.3. The number of hydrogen-bond donors (Lipinski definition) is 1. The Bertz CT molecular complexity index is 933. The van der Waals surface area contributed by atoms with Crippen molar-refractivity contribution in [2.45, 2.75) is 45.2 Å². The second-order valence-corrected chi connectivity index (χ2v) is 6.82. The first-order valence-electron chi connectivity index (χ1n) is 9.43. The average molecular weight is 365 g/mol. The lowest BCUT2D eigenvalue weighted by molar-refractivity contribution is 0.0526. The van der Waals surface area contributed by atoms with Gasteiger partial charge < -0.3 is 9.64 Å². The predicted molar refractivity (Wildman–Crippen MR) is 103 cm³/mol. The highest BCUT2D eigenvalue weighted by atomic mass is 16.5. The van der Waals surface area contributed by atoms with Gasteiger partial charge in [-0.05, 0) is 37.5 Å². The minimum absolute atomic E-state index is 0.286. The molecule has 1 saturated carbocycles. The monoisotopic (exact) mass is 365 g/mol. The van der Waals surface area contributed by atoms with Crippen LogP contribution in [-0.4, -0.2) is 38.8 Å². The summed E-state index contributed by atoms with van der Waals surface area (Å²) in [6.07, 6.45) is 8.09. The predicted octanol–water partition coefficient (Wildman–Crippen LogP) is 3.48. The van der Waals surface area contributed by atoms with E-state index in [0.29, 0.717) is 24.8 Å². The van der Waals surface area contributed by atoms with E-state index in [2.05, 4.69) is 25.1 Å². The summed E-state index contributed by atoms with van der Waals surface area (Å²) in [5.74, 6) is 0.605. The number of nitrogens with zero attached hydrogens (tertiary/aromatic N) is 4. The SMILES string of the molecule is CCOC(=O)c1cccc(CN(c2ncnc3[nH]ncc23)C2CCCC2)c1. The molecule has 0 aliphatic heterocycles. The fourth-order valence-electron chi connectivity index (χ4n) is 3.78. The normalized spacial score (nSPS) is 14.6. The van der Waals surface area contributed by atoms with Gasteiger partial charge in [-0.2, -0.15) is 5.10 Å². The van der Waals surface area contributed by atoms with E-state index in [4.69, 9.17) is 4.74 Å². The van der Waals surface area contributed by atoms with Gasteiger partial charge in [0.1, 0.15) is 12.1 Å². The van der Waals surface area contributed by atoms with Crippen LogP contribution in [-0.2, 0) is 11.3 Å². The molecule has 2 aromatic heterocycles. The van der Waals surface area contributed by atoms with E-state index < -0.39 is 0 Å². The first kappa shape index (κ1) is 17.5. The Morgan fingerprint density at radius 2 is 2.15 bits per heavy atom. The smallest absolute Gasteiger partial charge is 0.338 e. The Hall–Kier alpha value is -2.96. The van der Waals surface area contributed by atoms with Crippen LogP contribution in [0.4, 0.5) is 5.82 Å². The Morgan fingerprint density at radius 1 is 1.30 bits per heavy atom. The summed E-state index contributed by atoms with van der Waals surface area (Å²) < 4.78 is 5.13. The van der Waals surface area contributed by atoms with E-state index in [1.165, 1.54) is 12.8 Å². The number of esters is 1. The number of aromatic nitrogens is 4. The first-order valence-corrected chi connectivity index (χ1v) is 9.43. The molecule has 0 amide bonds. The van der Waals surface area contributed by atoms with Gasteiger partial charge in [0.05, 0.1) is 23.8 Å². The summed E-state index contributed by atoms with van der Waals surface area (Å²) in [5, 5.41) is 7.96. The number of carbonyl (C=O) groups excluding carboxylic acids is 1. The maximum Gasteiger partial charge on any atom is 0.338 e. The molecule has 0 unspecified atom stereocenters. The number of hydrogen-bond acceptors (Lipinski definition) is 6. The molecule has 1 N–H and O–H groups in total. The number of ether oxygens (including phenoxy) is 1. The number of anilines is 1. The lowest BCUT2D eigenvalue weighted by Crippen LogP contribution is -2.33. The molecule has 2 heterocycles. The molecule has 1 aromatic carbocycles. The van der Waals surface area contributed by atoms with Gasteiger partial charge in [0.2, 0.25) is 0 Å². The molecule has 1 fully saturated rings. The lowest BCUT2D eigenvalue weighted by atomic mass is 10.1. The summed E-state index contributed by atoms with van der Waals surface area (Å²) in [5.41, 5.74) is 2.38. The Balaban J connectivity index is 1.67. The van der Waals surface area contributed by atoms with Crippen LogP contribution in [0.1, 0.15) is 48.5 Å². The minimum Gasteiger partial charge on any atom is -0.462 e. The van der Waals surface area contributed by atoms with Gasteiger partial charge in [-0.25, -0.2) is 14.8 Å². The molecule has 1 aliphatic carbocycles. The molecule has 0 radical (unpaired) electrons. The number of H-pyrrole nitrogens is 1. The van der Waals surface area contributed by atoms with Gasteiger partial charge in [-0.1, -0.05) is 25.0 Å². The molecule has 7 nitrogen and oxygen atoms in total. The molecular weight excluding hydrogens is 342 g/mol. The van der Waals surface area contributed by atoms with Crippen LogP contribution in [0.15, 0.2) is 36.8 Å². The molecular formula is C20H23N5O2. The van der Waals surface area contributed by atoms with Crippen molar-refractivity contribution in [1.82, 2.24) is 20.2 Å². The van der Waals surface area contributed by atoms with Crippen LogP contribution in [0.3, 0.4) is 0 Å². The van der Waals surface area contributed by atoms with Crippen LogP contribution in [0.2, 0.25) is 0 Å². The Labute approximate surface area is 157 Å². The summed E-state index contributed by atoms with van der Waals surface area (Å²) in [7, 11) is 0. The van der Waals surface area contributed by atoms with E-state index in [1.54, 1.807) is 18.6 Å². The van der Waals surface area contributed by atoms with Crippen molar-refractivity contribution in [3.05, 3.63) is 47.9 Å². The van der Waals surface area contributed by atoms with Crippen molar-refractivity contribution in [3.63, 3.8) is 0 Å². The molecule has 0 atom stereocenters. The average Bonchev–Trinajstić information content (AvgIpc) is 3.38. The second-order valence-electron chi connectivity index (χ2n) is 6.82. The van der Waals surface area contributed by atoms with Crippen LogP contribution in [0.25, 0.3) is 11.0 Å². The number of carbonyl (C=O) groups is 1. The van der Waals surface area contributed by atoms with E-state index in [1.807, 2.05) is 25.1 Å². The third-order valence-electron chi connectivity index (χ3n) is 5.06. The van der Waals surface area contributed by atoms with Gasteiger partial charge in [-0.3, -0.25) is 5.10 Å². The Kier molecular flexibility index (Phi) is 5.00. The van der Waals surface area contributed by atoms with Gasteiger partial charge >= 0.3 is 5.97 Å². The van der Waals surface area contributed by atoms with Crippen molar-refractivity contribution in [2.24, 2.45) is 0 Å². The zero-order valence-corrected chi connectivity index (χ0v) is 15.4. The number of nitrogens with one attached hydrogen (secondary N) is 1. The van der Waals surface area contributed by atoms with Crippen molar-refractivity contribution in [2.75, 3.05) is 11.5 Å². The molecule has 0 saturated heterocycles. The molecule has 7 heteroatoms. The maximum atomic E-state index is 12.1. The second kappa shape index (κ2) is 7.73. The zero-order valence-electron chi connectivity index (χ0n) is 15.4. The van der Waals surface area contributed by atoms with Gasteiger partial charge in [0.25, 0.3) is 0 Å². The largest absolute Gasteiger partial charge is 0.462 e. The van der Waals surface area contributed by atoms with Crippen molar-refractivity contribution < 1.29 is 9.53 Å². The summed E-state index contributed by atoms with van der Waals surface area (Å²) >= 11 is 0. The topological polar surface area (TPSA) is 84.0 Å². The third-order valence-corrected chi connectivity index (χ3v) is 5.06. The van der Waals surface area contributed by atoms with Crippen LogP contribution in [0.5, 0.6) is 0 Å². The zero-order chi connectivity index (χ0) is 18.6. The summed E-state index contributed by atoms with van der Waals surface area (Å²) in [4.78, 5) is 23.2. The summed E-state index contributed by atoms with van der Waals surface area (Å²) in [6.45, 7) is 2.86. The van der Waals surface area contributed by atoms with Crippen molar-refractivity contribution >= 4 is 22.8 Å². The van der Waals surface area contributed by atoms with Gasteiger partial charge in [0.15, 0.2) is 5.65 Å². The summed E-state index contributed by atoms with van der Waals surface area (Å²) in [6, 6.07) is 8.07. The number of aromatic amines is 1. The fourth-order valence-corrected chi connectivity index (χ4v) is 3.78. The van der Waals surface area contributed by atoms with Gasteiger partial charge in [-0.15, -0.1) is 0 Å². The molecule has 0 spiro atoms. The molecule has 1 aliphatic rings. The standard InChI is InChI=1S/C20H23N5O2/c1-2-27-20(26)15-7-5-6-14(10-15)12-25(16-8-3-4-9-16)19-17-11-23-24-18(17)21-13-22-19/h5-7,10-11,13,16H,2-4,8-9,12H2,1H3,(H,21,22,23,24). The van der Waals surface area contributed by atoms with Crippen molar-refractivity contribution in [1.29, 1.82) is 0 Å². The highest BCUT2D eigenvalue weighted by molar-refractivity contribution is 5.89. The van der Waals surface area contributed by atoms with E-state index in [9.17, 15) is 4.79 Å². The van der Waals surface area contributed by atoms with Gasteiger partial charge in [0, 0.05) is 12.6 Å². The molecule has 27 heavy (non-hydrogen) atoms. The van der Waals surface area contributed by atoms with E-state index >= 15 is 0 Å². The third kappa shape index (κ3) is 3.63. The van der Waals surface area contributed by atoms with E-state index in [-0.39, 0.29) is 5.97 Å². The Morgan fingerprint density at radius 3 is 2.96 bits per heavy atom. The number of rotatable bonds is 6. The fraction of sp³-hybridized carbons (Fsp3) is 0.400. The minimum atomic E-state index is -0.286. The molecule has 140 valence electrons. The molecule has 4 rings (SSSR count). The molecule has 0 bridgehead atoms. The molecule has 3 aromatic rings. The lowest BCUT2D eigenvalue weighted by Gasteiger charge is -2.30. The van der Waals surface area contributed by atoms with Crippen molar-refractivity contribution in [3.8, 4) is 0 Å². The van der Waals surface area contributed by atoms with Crippen LogP contribution >= 0.6 is 0 Å². The van der Waals surface area contributed by atoms with E-state index in [0.717, 1.165) is 35.3 Å². The highest BCUT2D eigenvalue weighted by Crippen LogP contribution is 2.32. The number of fused-ring (bicyclic) bond motifs is 1.